The Kier molecular flexibility index (Phi) is 6.13. The fourth-order valence-corrected chi connectivity index (χ4v) is 3.89. The van der Waals surface area contributed by atoms with Gasteiger partial charge < -0.3 is 19.8 Å². The number of aromatic hydroxyl groups is 1. The van der Waals surface area contributed by atoms with Crippen molar-refractivity contribution < 1.29 is 24.5 Å². The zero-order valence-electron chi connectivity index (χ0n) is 18.3. The van der Waals surface area contributed by atoms with Crippen molar-refractivity contribution in [3.05, 3.63) is 95.3 Å². The van der Waals surface area contributed by atoms with Gasteiger partial charge in [0.2, 0.25) is 0 Å². The van der Waals surface area contributed by atoms with Crippen LogP contribution in [0.5, 0.6) is 11.5 Å². The summed E-state index contributed by atoms with van der Waals surface area (Å²) in [4.78, 5) is 31.5. The van der Waals surface area contributed by atoms with E-state index in [9.17, 15) is 19.8 Å². The highest BCUT2D eigenvalue weighted by molar-refractivity contribution is 6.46. The number of hydrogen-bond acceptors (Lipinski definition) is 6. The second kappa shape index (κ2) is 9.16. The maximum atomic E-state index is 13.1. The lowest BCUT2D eigenvalue weighted by atomic mass is 9.95. The van der Waals surface area contributed by atoms with E-state index < -0.39 is 17.7 Å². The first-order valence-corrected chi connectivity index (χ1v) is 10.6. The Morgan fingerprint density at radius 3 is 2.39 bits per heavy atom. The predicted molar refractivity (Wildman–Crippen MR) is 122 cm³/mol. The van der Waals surface area contributed by atoms with Gasteiger partial charge in [0.25, 0.3) is 11.7 Å². The van der Waals surface area contributed by atoms with E-state index in [2.05, 4.69) is 4.98 Å². The van der Waals surface area contributed by atoms with Gasteiger partial charge in [0.15, 0.2) is 0 Å². The number of nitrogens with zero attached hydrogens (tertiary/aromatic N) is 2. The molecule has 7 nitrogen and oxygen atoms in total. The number of aliphatic hydroxyl groups is 1. The van der Waals surface area contributed by atoms with Gasteiger partial charge >= 0.3 is 0 Å². The summed E-state index contributed by atoms with van der Waals surface area (Å²) in [5.74, 6) is -1.16. The number of pyridine rings is 1. The van der Waals surface area contributed by atoms with Crippen LogP contribution in [0.3, 0.4) is 0 Å². The first kappa shape index (κ1) is 22.1. The summed E-state index contributed by atoms with van der Waals surface area (Å²) in [7, 11) is 0. The lowest BCUT2D eigenvalue weighted by Crippen LogP contribution is -2.29. The maximum absolute atomic E-state index is 13.1. The van der Waals surface area contributed by atoms with Crippen molar-refractivity contribution in [1.82, 2.24) is 9.88 Å². The number of ketones is 1. The molecule has 2 heterocycles. The molecule has 4 rings (SSSR count). The average molecular weight is 444 g/mol. The van der Waals surface area contributed by atoms with Gasteiger partial charge in [-0.15, -0.1) is 0 Å². The zero-order chi connectivity index (χ0) is 23.5. The largest absolute Gasteiger partial charge is 0.508 e. The van der Waals surface area contributed by atoms with E-state index in [1.54, 1.807) is 60.9 Å². The standard InChI is InChI=1S/C26H24N2O5/c1-16(2)33-21-8-6-18(7-9-21)24(30)22-23(19-4-3-5-20(29)14-19)28(26(32)25(22)31)15-17-10-12-27-13-11-17/h3-14,16,23,29-30H,15H2,1-2H3/b24-22-. The summed E-state index contributed by atoms with van der Waals surface area (Å²) < 4.78 is 5.64. The molecule has 0 aliphatic carbocycles. The molecule has 1 aromatic heterocycles. The first-order chi connectivity index (χ1) is 15.8. The lowest BCUT2D eigenvalue weighted by molar-refractivity contribution is -0.140. The number of benzene rings is 2. The van der Waals surface area contributed by atoms with Gasteiger partial charge in [0, 0.05) is 24.5 Å². The Morgan fingerprint density at radius 1 is 1.06 bits per heavy atom. The molecule has 7 heteroatoms. The number of phenolic OH excluding ortho intramolecular Hbond substituents is 1. The number of amides is 1. The van der Waals surface area contributed by atoms with Crippen LogP contribution in [-0.2, 0) is 16.1 Å². The second-order valence-corrected chi connectivity index (χ2v) is 8.07. The number of aromatic nitrogens is 1. The van der Waals surface area contributed by atoms with Gasteiger partial charge in [-0.05, 0) is 73.5 Å². The molecule has 33 heavy (non-hydrogen) atoms. The number of carbonyl (C=O) groups excluding carboxylic acids is 2. The number of likely N-dealkylation sites (tertiary alicyclic amines) is 1. The highest BCUT2D eigenvalue weighted by atomic mass is 16.5. The molecular formula is C26H24N2O5. The van der Waals surface area contributed by atoms with Crippen LogP contribution in [0.4, 0.5) is 0 Å². The first-order valence-electron chi connectivity index (χ1n) is 10.6. The summed E-state index contributed by atoms with van der Waals surface area (Å²) in [5, 5.41) is 21.2. The number of Topliss-reactive ketones (excluding diaryl/α,β-unsaturated/α-hetero) is 1. The SMILES string of the molecule is CC(C)Oc1ccc(/C(O)=C2/C(=O)C(=O)N(Cc3ccncc3)C2c2cccc(O)c2)cc1. The molecule has 1 amide bonds. The predicted octanol–water partition coefficient (Wildman–Crippen LogP) is 4.20. The molecular weight excluding hydrogens is 420 g/mol. The molecule has 168 valence electrons. The van der Waals surface area contributed by atoms with E-state index in [0.29, 0.717) is 16.9 Å². The monoisotopic (exact) mass is 444 g/mol. The Morgan fingerprint density at radius 2 is 1.76 bits per heavy atom. The zero-order valence-corrected chi connectivity index (χ0v) is 18.3. The van der Waals surface area contributed by atoms with Gasteiger partial charge in [-0.1, -0.05) is 12.1 Å². The van der Waals surface area contributed by atoms with E-state index in [4.69, 9.17) is 4.74 Å². The summed E-state index contributed by atoms with van der Waals surface area (Å²) >= 11 is 0. The van der Waals surface area contributed by atoms with E-state index in [1.807, 2.05) is 13.8 Å². The van der Waals surface area contributed by atoms with Crippen LogP contribution in [0.1, 0.15) is 36.6 Å². The fourth-order valence-electron chi connectivity index (χ4n) is 3.89. The molecule has 3 aromatic rings. The molecule has 2 N–H and O–H groups in total. The van der Waals surface area contributed by atoms with Crippen molar-refractivity contribution in [3.63, 3.8) is 0 Å². The van der Waals surface area contributed by atoms with Crippen molar-refractivity contribution >= 4 is 17.4 Å². The fraction of sp³-hybridized carbons (Fsp3) is 0.192. The molecule has 0 spiro atoms. The second-order valence-electron chi connectivity index (χ2n) is 8.07. The highest BCUT2D eigenvalue weighted by Gasteiger charge is 2.46. The minimum absolute atomic E-state index is 0.00261. The summed E-state index contributed by atoms with van der Waals surface area (Å²) in [6.45, 7) is 3.96. The Balaban J connectivity index is 1.80. The normalized spacial score (nSPS) is 17.5. The van der Waals surface area contributed by atoms with Crippen LogP contribution >= 0.6 is 0 Å². The molecule has 0 radical (unpaired) electrons. The van der Waals surface area contributed by atoms with Gasteiger partial charge in [0.1, 0.15) is 17.3 Å². The number of carbonyl (C=O) groups is 2. The molecule has 1 saturated heterocycles. The Bertz CT molecular complexity index is 1200. The number of aliphatic hydroxyl groups excluding tert-OH is 1. The number of hydrogen-bond donors (Lipinski definition) is 2. The van der Waals surface area contributed by atoms with E-state index in [-0.39, 0.29) is 29.7 Å². The molecule has 0 bridgehead atoms. The summed E-state index contributed by atoms with van der Waals surface area (Å²) in [6, 6.07) is 15.7. The Hall–Kier alpha value is -4.13. The molecule has 1 fully saturated rings. The molecule has 1 atom stereocenters. The van der Waals surface area contributed by atoms with Crippen LogP contribution in [0.15, 0.2) is 78.6 Å². The Labute approximate surface area is 191 Å². The summed E-state index contributed by atoms with van der Waals surface area (Å²) in [5.41, 5.74) is 1.66. The van der Waals surface area contributed by atoms with Gasteiger partial charge in [-0.25, -0.2) is 0 Å². The number of phenols is 1. The van der Waals surface area contributed by atoms with Gasteiger partial charge in [0.05, 0.1) is 17.7 Å². The van der Waals surface area contributed by atoms with Crippen molar-refractivity contribution in [1.29, 1.82) is 0 Å². The van der Waals surface area contributed by atoms with E-state index in [0.717, 1.165) is 5.56 Å². The molecule has 1 aliphatic heterocycles. The van der Waals surface area contributed by atoms with Gasteiger partial charge in [-0.2, -0.15) is 0 Å². The minimum Gasteiger partial charge on any atom is -0.508 e. The van der Waals surface area contributed by atoms with Crippen LogP contribution in [0.25, 0.3) is 5.76 Å². The van der Waals surface area contributed by atoms with Crippen molar-refractivity contribution in [3.8, 4) is 11.5 Å². The number of rotatable bonds is 6. The smallest absolute Gasteiger partial charge is 0.295 e. The third-order valence-corrected chi connectivity index (χ3v) is 5.33. The summed E-state index contributed by atoms with van der Waals surface area (Å²) in [6.07, 6.45) is 3.21. The molecule has 2 aromatic carbocycles. The van der Waals surface area contributed by atoms with E-state index >= 15 is 0 Å². The van der Waals surface area contributed by atoms with Crippen LogP contribution < -0.4 is 4.74 Å². The van der Waals surface area contributed by atoms with Crippen molar-refractivity contribution in [2.24, 2.45) is 0 Å². The highest BCUT2D eigenvalue weighted by Crippen LogP contribution is 2.41. The molecule has 1 aliphatic rings. The lowest BCUT2D eigenvalue weighted by Gasteiger charge is -2.25. The third kappa shape index (κ3) is 4.57. The van der Waals surface area contributed by atoms with Crippen molar-refractivity contribution in [2.75, 3.05) is 0 Å². The molecule has 1 unspecified atom stereocenters. The minimum atomic E-state index is -0.864. The van der Waals surface area contributed by atoms with Crippen LogP contribution in [0, 0.1) is 0 Å². The molecule has 0 saturated carbocycles. The van der Waals surface area contributed by atoms with E-state index in [1.165, 1.54) is 17.0 Å². The van der Waals surface area contributed by atoms with Crippen LogP contribution in [-0.4, -0.2) is 37.9 Å². The average Bonchev–Trinajstić information content (AvgIpc) is 3.04. The van der Waals surface area contributed by atoms with Gasteiger partial charge in [-0.3, -0.25) is 14.6 Å². The van der Waals surface area contributed by atoms with Crippen LogP contribution in [0.2, 0.25) is 0 Å². The topological polar surface area (TPSA) is 100.0 Å². The quantitative estimate of drug-likeness (QED) is 0.336. The van der Waals surface area contributed by atoms with Crippen molar-refractivity contribution in [2.45, 2.75) is 32.5 Å². The third-order valence-electron chi connectivity index (χ3n) is 5.33. The maximum Gasteiger partial charge on any atom is 0.295 e. The number of ether oxygens (including phenoxy) is 1.